The Kier molecular flexibility index (Phi) is 3.74. The van der Waals surface area contributed by atoms with Gasteiger partial charge in [-0.15, -0.1) is 0 Å². The van der Waals surface area contributed by atoms with E-state index in [1.807, 2.05) is 6.07 Å². The number of carbonyl (C=O) groups excluding carboxylic acids is 1. The lowest BCUT2D eigenvalue weighted by atomic mass is 9.84. The van der Waals surface area contributed by atoms with Crippen LogP contribution in [0.3, 0.4) is 0 Å². The molecule has 1 atom stereocenters. The number of amides is 1. The lowest BCUT2D eigenvalue weighted by molar-refractivity contribution is -0.134. The molecule has 1 saturated heterocycles. The minimum Gasteiger partial charge on any atom is -0.368 e. The van der Waals surface area contributed by atoms with E-state index in [-0.39, 0.29) is 0 Å². The Morgan fingerprint density at radius 2 is 1.96 bits per heavy atom. The van der Waals surface area contributed by atoms with Crippen LogP contribution < -0.4 is 5.73 Å². The molecule has 5 nitrogen and oxygen atoms in total. The monoisotopic (exact) mass is 314 g/mol. The fourth-order valence-corrected chi connectivity index (χ4v) is 4.74. The van der Waals surface area contributed by atoms with Gasteiger partial charge in [-0.25, -0.2) is 9.97 Å². The van der Waals surface area contributed by atoms with Crippen molar-refractivity contribution in [2.45, 2.75) is 57.3 Å². The van der Waals surface area contributed by atoms with Crippen molar-refractivity contribution in [1.29, 1.82) is 0 Å². The van der Waals surface area contributed by atoms with Gasteiger partial charge in [-0.3, -0.25) is 4.79 Å². The first-order chi connectivity index (χ1) is 11.2. The molecule has 5 heteroatoms. The zero-order chi connectivity index (χ0) is 15.9. The van der Waals surface area contributed by atoms with Gasteiger partial charge in [0.2, 0.25) is 11.9 Å². The van der Waals surface area contributed by atoms with E-state index in [1.165, 1.54) is 32.1 Å². The van der Waals surface area contributed by atoms with Crippen LogP contribution in [0.15, 0.2) is 12.3 Å². The van der Waals surface area contributed by atoms with E-state index in [4.69, 9.17) is 5.73 Å². The molecular formula is C18H26N4O. The standard InChI is InChI=1S/C18H26N4O/c19-17-20-9-4-15(21-17)13-5-10-22(11-6-13)16(23)14-12-18(14)7-2-1-3-8-18/h4,9,13-14H,1-3,5-8,10-12H2,(H2,19,20,21). The molecule has 1 aliphatic heterocycles. The van der Waals surface area contributed by atoms with Crippen LogP contribution >= 0.6 is 0 Å². The number of nitrogens with two attached hydrogens (primary N) is 1. The summed E-state index contributed by atoms with van der Waals surface area (Å²) in [6.07, 6.45) is 11.4. The van der Waals surface area contributed by atoms with Crippen LogP contribution in [-0.4, -0.2) is 33.9 Å². The summed E-state index contributed by atoms with van der Waals surface area (Å²) in [7, 11) is 0. The smallest absolute Gasteiger partial charge is 0.226 e. The van der Waals surface area contributed by atoms with Crippen molar-refractivity contribution >= 4 is 11.9 Å². The van der Waals surface area contributed by atoms with Gasteiger partial charge in [0.05, 0.1) is 0 Å². The Hall–Kier alpha value is -1.65. The predicted molar refractivity (Wildman–Crippen MR) is 88.6 cm³/mol. The summed E-state index contributed by atoms with van der Waals surface area (Å²) in [5, 5.41) is 0. The molecule has 1 amide bonds. The summed E-state index contributed by atoms with van der Waals surface area (Å²) in [4.78, 5) is 23.2. The normalized spacial score (nSPS) is 27.1. The number of nitrogens with zero attached hydrogens (tertiary/aromatic N) is 3. The van der Waals surface area contributed by atoms with E-state index >= 15 is 0 Å². The fraction of sp³-hybridized carbons (Fsp3) is 0.722. The molecule has 2 saturated carbocycles. The molecule has 124 valence electrons. The van der Waals surface area contributed by atoms with Crippen molar-refractivity contribution in [2.75, 3.05) is 18.8 Å². The van der Waals surface area contributed by atoms with E-state index in [9.17, 15) is 4.79 Å². The number of anilines is 1. The van der Waals surface area contributed by atoms with Gasteiger partial charge in [-0.1, -0.05) is 19.3 Å². The Balaban J connectivity index is 1.34. The van der Waals surface area contributed by atoms with Crippen LogP contribution in [0.1, 0.15) is 63.0 Å². The third-order valence-electron chi connectivity index (χ3n) is 6.26. The largest absolute Gasteiger partial charge is 0.368 e. The molecule has 2 aliphatic carbocycles. The van der Waals surface area contributed by atoms with Crippen LogP contribution in [0.5, 0.6) is 0 Å². The topological polar surface area (TPSA) is 72.1 Å². The summed E-state index contributed by atoms with van der Waals surface area (Å²) in [6.45, 7) is 1.72. The number of aromatic nitrogens is 2. The molecule has 0 aromatic carbocycles. The Morgan fingerprint density at radius 1 is 1.22 bits per heavy atom. The first-order valence-electron chi connectivity index (χ1n) is 9.05. The maximum Gasteiger partial charge on any atom is 0.226 e. The molecule has 1 unspecified atom stereocenters. The van der Waals surface area contributed by atoms with Crippen molar-refractivity contribution in [3.8, 4) is 0 Å². The molecule has 3 fully saturated rings. The molecule has 3 aliphatic rings. The highest BCUT2D eigenvalue weighted by molar-refractivity contribution is 5.82. The van der Waals surface area contributed by atoms with Crippen LogP contribution in [-0.2, 0) is 4.79 Å². The predicted octanol–water partition coefficient (Wildman–Crippen LogP) is 2.74. The minimum absolute atomic E-state index is 0.328. The van der Waals surface area contributed by atoms with Gasteiger partial charge in [0.1, 0.15) is 0 Å². The maximum absolute atomic E-state index is 12.8. The summed E-state index contributed by atoms with van der Waals surface area (Å²) in [5.41, 5.74) is 7.10. The highest BCUT2D eigenvalue weighted by atomic mass is 16.2. The number of carbonyl (C=O) groups is 1. The Labute approximate surface area is 137 Å². The van der Waals surface area contributed by atoms with Crippen molar-refractivity contribution in [2.24, 2.45) is 11.3 Å². The number of piperidine rings is 1. The molecule has 0 bridgehead atoms. The second-order valence-electron chi connectivity index (χ2n) is 7.62. The first-order valence-corrected chi connectivity index (χ1v) is 9.05. The van der Waals surface area contributed by atoms with Gasteiger partial charge in [-0.2, -0.15) is 0 Å². The number of nitrogen functional groups attached to an aromatic ring is 1. The van der Waals surface area contributed by atoms with Crippen LogP contribution in [0.4, 0.5) is 5.95 Å². The lowest BCUT2D eigenvalue weighted by Gasteiger charge is -2.33. The van der Waals surface area contributed by atoms with Gasteiger partial charge >= 0.3 is 0 Å². The summed E-state index contributed by atoms with van der Waals surface area (Å²) < 4.78 is 0. The van der Waals surface area contributed by atoms with Crippen molar-refractivity contribution in [1.82, 2.24) is 14.9 Å². The van der Waals surface area contributed by atoms with E-state index in [0.717, 1.165) is 38.0 Å². The van der Waals surface area contributed by atoms with Crippen LogP contribution in [0.25, 0.3) is 0 Å². The molecule has 23 heavy (non-hydrogen) atoms. The SMILES string of the molecule is Nc1nccc(C2CCN(C(=O)C3CC34CCCCC4)CC2)n1. The molecule has 4 rings (SSSR count). The number of hydrogen-bond donors (Lipinski definition) is 1. The lowest BCUT2D eigenvalue weighted by Crippen LogP contribution is -2.40. The average Bonchev–Trinajstić information content (AvgIpc) is 3.28. The highest BCUT2D eigenvalue weighted by Gasteiger charge is 2.58. The minimum atomic E-state index is 0.328. The number of likely N-dealkylation sites (tertiary alicyclic amines) is 1. The first kappa shape index (κ1) is 14.9. The summed E-state index contributed by atoms with van der Waals surface area (Å²) in [5.74, 6) is 1.51. The molecule has 1 aromatic heterocycles. The molecular weight excluding hydrogens is 288 g/mol. The van der Waals surface area contributed by atoms with E-state index < -0.39 is 0 Å². The van der Waals surface area contributed by atoms with Gasteiger partial charge in [0.25, 0.3) is 0 Å². The van der Waals surface area contributed by atoms with E-state index in [1.54, 1.807) is 6.20 Å². The van der Waals surface area contributed by atoms with E-state index in [0.29, 0.717) is 29.1 Å². The zero-order valence-corrected chi connectivity index (χ0v) is 13.7. The van der Waals surface area contributed by atoms with Crippen molar-refractivity contribution < 1.29 is 4.79 Å². The Bertz CT molecular complexity index is 588. The number of rotatable bonds is 2. The Morgan fingerprint density at radius 3 is 2.65 bits per heavy atom. The molecule has 0 radical (unpaired) electrons. The molecule has 1 spiro atoms. The maximum atomic E-state index is 12.8. The van der Waals surface area contributed by atoms with Crippen molar-refractivity contribution in [3.05, 3.63) is 18.0 Å². The second-order valence-corrected chi connectivity index (χ2v) is 7.62. The van der Waals surface area contributed by atoms with Gasteiger partial charge in [0, 0.05) is 36.8 Å². The van der Waals surface area contributed by atoms with Gasteiger partial charge in [-0.05, 0) is 43.6 Å². The molecule has 1 aromatic rings. The molecule has 2 N–H and O–H groups in total. The van der Waals surface area contributed by atoms with Crippen LogP contribution in [0, 0.1) is 11.3 Å². The zero-order valence-electron chi connectivity index (χ0n) is 13.7. The van der Waals surface area contributed by atoms with Gasteiger partial charge in [0.15, 0.2) is 0 Å². The molecule has 2 heterocycles. The highest BCUT2D eigenvalue weighted by Crippen LogP contribution is 2.62. The number of hydrogen-bond acceptors (Lipinski definition) is 4. The summed E-state index contributed by atoms with van der Waals surface area (Å²) >= 11 is 0. The van der Waals surface area contributed by atoms with Crippen molar-refractivity contribution in [3.63, 3.8) is 0 Å². The third kappa shape index (κ3) is 2.81. The van der Waals surface area contributed by atoms with Gasteiger partial charge < -0.3 is 10.6 Å². The quantitative estimate of drug-likeness (QED) is 0.911. The fourth-order valence-electron chi connectivity index (χ4n) is 4.74. The average molecular weight is 314 g/mol. The van der Waals surface area contributed by atoms with E-state index in [2.05, 4.69) is 14.9 Å². The van der Waals surface area contributed by atoms with Crippen LogP contribution in [0.2, 0.25) is 0 Å². The summed E-state index contributed by atoms with van der Waals surface area (Å²) in [6, 6.07) is 1.95. The second kappa shape index (κ2) is 5.77. The third-order valence-corrected chi connectivity index (χ3v) is 6.26.